The average Bonchev–Trinajstić information content (AvgIpc) is 3.10. The van der Waals surface area contributed by atoms with Crippen LogP contribution in [0.3, 0.4) is 0 Å². The number of carboxylic acid groups (broad SMARTS) is 1. The van der Waals surface area contributed by atoms with Crippen LogP contribution < -0.4 is 4.74 Å². The molecule has 1 amide bonds. The molecular formula is C22H32Cl2N2O3. The minimum Gasteiger partial charge on any atom is -0.489 e. The van der Waals surface area contributed by atoms with Gasteiger partial charge in [0.2, 0.25) is 0 Å². The molecule has 0 spiro atoms. The first kappa shape index (κ1) is 22.5. The van der Waals surface area contributed by atoms with E-state index in [9.17, 15) is 4.79 Å². The standard InChI is InChI=1S/C18H24Cl2N2O3.C4H8/c1-21(18(23)24)10-12-8-13(9-12)25-16-5-4-15(19)14(17(16)20)11-22-6-2-3-7-22;1-2-4-3-1/h4-5,12-13H,2-3,6-11H2,1H3,(H,23,24);1-4H2. The molecule has 1 N–H and O–H groups in total. The van der Waals surface area contributed by atoms with Gasteiger partial charge in [-0.05, 0) is 56.8 Å². The van der Waals surface area contributed by atoms with Crippen LogP contribution in [0.25, 0.3) is 0 Å². The Morgan fingerprint density at radius 1 is 1.14 bits per heavy atom. The number of benzene rings is 1. The Morgan fingerprint density at radius 3 is 2.31 bits per heavy atom. The zero-order valence-electron chi connectivity index (χ0n) is 17.2. The van der Waals surface area contributed by atoms with Crippen molar-refractivity contribution in [3.8, 4) is 5.75 Å². The Morgan fingerprint density at radius 2 is 1.76 bits per heavy atom. The second kappa shape index (κ2) is 10.7. The number of hydrogen-bond donors (Lipinski definition) is 1. The maximum absolute atomic E-state index is 10.9. The molecule has 3 aliphatic rings. The molecule has 0 atom stereocenters. The number of rotatable bonds is 6. The van der Waals surface area contributed by atoms with E-state index in [1.807, 2.05) is 12.1 Å². The molecule has 29 heavy (non-hydrogen) atoms. The van der Waals surface area contributed by atoms with Gasteiger partial charge in [-0.1, -0.05) is 48.9 Å². The Kier molecular flexibility index (Phi) is 8.34. The van der Waals surface area contributed by atoms with Crippen LogP contribution in [0.1, 0.15) is 56.9 Å². The molecule has 7 heteroatoms. The van der Waals surface area contributed by atoms with Gasteiger partial charge < -0.3 is 14.7 Å². The summed E-state index contributed by atoms with van der Waals surface area (Å²) >= 11 is 12.9. The van der Waals surface area contributed by atoms with Gasteiger partial charge >= 0.3 is 6.09 Å². The van der Waals surface area contributed by atoms with Crippen molar-refractivity contribution in [2.24, 2.45) is 5.92 Å². The van der Waals surface area contributed by atoms with Crippen LogP contribution in [0.15, 0.2) is 12.1 Å². The molecule has 3 fully saturated rings. The Bertz CT molecular complexity index is 681. The van der Waals surface area contributed by atoms with Crippen molar-refractivity contribution in [1.82, 2.24) is 9.80 Å². The molecule has 4 rings (SSSR count). The lowest BCUT2D eigenvalue weighted by atomic mass is 9.82. The number of amides is 1. The number of likely N-dealkylation sites (tertiary alicyclic amines) is 1. The van der Waals surface area contributed by atoms with Gasteiger partial charge in [0.15, 0.2) is 0 Å². The van der Waals surface area contributed by atoms with E-state index in [-0.39, 0.29) is 6.10 Å². The maximum atomic E-state index is 10.9. The van der Waals surface area contributed by atoms with Gasteiger partial charge in [-0.15, -0.1) is 0 Å². The van der Waals surface area contributed by atoms with Crippen molar-refractivity contribution in [1.29, 1.82) is 0 Å². The normalized spacial score (nSPS) is 23.4. The molecule has 2 aliphatic carbocycles. The van der Waals surface area contributed by atoms with Crippen LogP contribution >= 0.6 is 23.2 Å². The van der Waals surface area contributed by atoms with Gasteiger partial charge in [0.25, 0.3) is 0 Å². The van der Waals surface area contributed by atoms with Gasteiger partial charge in [0.05, 0.1) is 11.1 Å². The first-order valence-corrected chi connectivity index (χ1v) is 11.5. The third kappa shape index (κ3) is 6.40. The van der Waals surface area contributed by atoms with Crippen molar-refractivity contribution in [3.63, 3.8) is 0 Å². The van der Waals surface area contributed by atoms with Crippen LogP contribution in [0.2, 0.25) is 10.0 Å². The Hall–Kier alpha value is -1.17. The first-order chi connectivity index (χ1) is 13.9. The number of ether oxygens (including phenoxy) is 1. The van der Waals surface area contributed by atoms with Crippen LogP contribution in [0.4, 0.5) is 4.79 Å². The van der Waals surface area contributed by atoms with E-state index in [1.165, 1.54) is 43.4 Å². The van der Waals surface area contributed by atoms with E-state index < -0.39 is 6.09 Å². The summed E-state index contributed by atoms with van der Waals surface area (Å²) in [5.74, 6) is 1.02. The molecule has 0 bridgehead atoms. The summed E-state index contributed by atoms with van der Waals surface area (Å²) in [6, 6.07) is 3.68. The molecule has 1 heterocycles. The number of carbonyl (C=O) groups is 1. The largest absolute Gasteiger partial charge is 0.489 e. The van der Waals surface area contributed by atoms with E-state index in [1.54, 1.807) is 7.05 Å². The molecule has 1 aromatic carbocycles. The highest BCUT2D eigenvalue weighted by molar-refractivity contribution is 6.36. The van der Waals surface area contributed by atoms with Crippen LogP contribution in [0.5, 0.6) is 5.75 Å². The maximum Gasteiger partial charge on any atom is 0.407 e. The number of nitrogens with zero attached hydrogens (tertiary/aromatic N) is 2. The number of halogens is 2. The predicted octanol–water partition coefficient (Wildman–Crippen LogP) is 5.92. The second-order valence-electron chi connectivity index (χ2n) is 8.48. The fourth-order valence-electron chi connectivity index (χ4n) is 3.79. The van der Waals surface area contributed by atoms with Gasteiger partial charge in [-0.3, -0.25) is 4.90 Å². The molecule has 0 unspecified atom stereocenters. The van der Waals surface area contributed by atoms with Crippen molar-refractivity contribution < 1.29 is 14.6 Å². The topological polar surface area (TPSA) is 53.0 Å². The lowest BCUT2D eigenvalue weighted by Crippen LogP contribution is -2.41. The summed E-state index contributed by atoms with van der Waals surface area (Å²) in [6.45, 7) is 3.47. The monoisotopic (exact) mass is 442 g/mol. The van der Waals surface area contributed by atoms with E-state index >= 15 is 0 Å². The Balaban J connectivity index is 0.000000536. The highest BCUT2D eigenvalue weighted by Crippen LogP contribution is 2.38. The lowest BCUT2D eigenvalue weighted by Gasteiger charge is -2.37. The fraction of sp³-hybridized carbons (Fsp3) is 0.682. The van der Waals surface area contributed by atoms with Crippen LogP contribution in [0, 0.1) is 5.92 Å². The fourth-order valence-corrected chi connectivity index (χ4v) is 4.33. The minimum atomic E-state index is -0.892. The third-order valence-electron chi connectivity index (χ3n) is 6.08. The Labute approximate surface area is 183 Å². The highest BCUT2D eigenvalue weighted by Gasteiger charge is 2.33. The van der Waals surface area contributed by atoms with E-state index in [2.05, 4.69) is 4.90 Å². The molecule has 2 saturated carbocycles. The second-order valence-corrected chi connectivity index (χ2v) is 9.26. The predicted molar refractivity (Wildman–Crippen MR) is 117 cm³/mol. The summed E-state index contributed by atoms with van der Waals surface area (Å²) < 4.78 is 6.04. The molecule has 0 aromatic heterocycles. The molecule has 1 aromatic rings. The van der Waals surface area contributed by atoms with Crippen LogP contribution in [-0.4, -0.2) is 53.8 Å². The zero-order valence-corrected chi connectivity index (χ0v) is 18.7. The van der Waals surface area contributed by atoms with Crippen molar-refractivity contribution in [2.75, 3.05) is 26.7 Å². The van der Waals surface area contributed by atoms with Gasteiger partial charge in [0.1, 0.15) is 5.75 Å². The quantitative estimate of drug-likeness (QED) is 0.593. The van der Waals surface area contributed by atoms with Crippen LogP contribution in [-0.2, 0) is 6.54 Å². The van der Waals surface area contributed by atoms with Crippen molar-refractivity contribution in [2.45, 2.75) is 64.0 Å². The molecule has 1 saturated heterocycles. The summed E-state index contributed by atoms with van der Waals surface area (Å²) in [6.07, 6.45) is 9.33. The van der Waals surface area contributed by atoms with Crippen molar-refractivity contribution in [3.05, 3.63) is 27.7 Å². The van der Waals surface area contributed by atoms with E-state index in [0.29, 0.717) is 28.3 Å². The van der Waals surface area contributed by atoms with Gasteiger partial charge in [0, 0.05) is 30.7 Å². The molecule has 162 valence electrons. The average molecular weight is 443 g/mol. The van der Waals surface area contributed by atoms with Gasteiger partial charge in [-0.25, -0.2) is 4.79 Å². The first-order valence-electron chi connectivity index (χ1n) is 10.7. The summed E-state index contributed by atoms with van der Waals surface area (Å²) in [5.41, 5.74) is 0.934. The number of hydrogen-bond acceptors (Lipinski definition) is 3. The lowest BCUT2D eigenvalue weighted by molar-refractivity contribution is 0.0474. The summed E-state index contributed by atoms with van der Waals surface area (Å²) in [4.78, 5) is 14.5. The third-order valence-corrected chi connectivity index (χ3v) is 6.84. The summed E-state index contributed by atoms with van der Waals surface area (Å²) in [7, 11) is 1.59. The summed E-state index contributed by atoms with van der Waals surface area (Å²) in [5, 5.41) is 10.2. The molecule has 5 nitrogen and oxygen atoms in total. The smallest absolute Gasteiger partial charge is 0.407 e. The SMILES string of the molecule is C1CCC1.CN(CC1CC(Oc2ccc(Cl)c(CN3CCCC3)c2Cl)C1)C(=O)O. The van der Waals surface area contributed by atoms with Gasteiger partial charge in [-0.2, -0.15) is 0 Å². The van der Waals surface area contributed by atoms with E-state index in [4.69, 9.17) is 33.0 Å². The minimum absolute atomic E-state index is 0.0884. The van der Waals surface area contributed by atoms with E-state index in [0.717, 1.165) is 38.0 Å². The highest BCUT2D eigenvalue weighted by atomic mass is 35.5. The molecule has 0 radical (unpaired) electrons. The molecular weight excluding hydrogens is 411 g/mol. The molecule has 1 aliphatic heterocycles. The van der Waals surface area contributed by atoms with Crippen molar-refractivity contribution >= 4 is 29.3 Å². The zero-order chi connectivity index (χ0) is 20.8.